The van der Waals surface area contributed by atoms with Gasteiger partial charge in [-0.2, -0.15) is 0 Å². The summed E-state index contributed by atoms with van der Waals surface area (Å²) < 4.78 is 6.15. The number of aromatic nitrogens is 5. The molecule has 9 aromatic carbocycles. The zero-order chi connectivity index (χ0) is 41.7. The summed E-state index contributed by atoms with van der Waals surface area (Å²) in [5.41, 5.74) is 16.7. The van der Waals surface area contributed by atoms with Gasteiger partial charge in [-0.25, -0.2) is 24.9 Å². The van der Waals surface area contributed by atoms with Gasteiger partial charge in [0.25, 0.3) is 0 Å². The standard InChI is InChI=1S/C57H35N5O/c1-3-12-36(13-4-1)37-24-28-40(29-25-37)56-60-55(39-14-5-2-6-15-39)61-57(62-56)41-30-26-38(27-31-41)42-16-9-17-43(32-42)44-18-10-19-45(33-44)46-21-11-22-49-54(46)59-50-34-48-47-20-7-8-23-52(47)63-53(48)35-51(50)58-49/h1-35H. The van der Waals surface area contributed by atoms with Crippen LogP contribution in [0.5, 0.6) is 0 Å². The van der Waals surface area contributed by atoms with Crippen LogP contribution in [-0.4, -0.2) is 24.9 Å². The zero-order valence-electron chi connectivity index (χ0n) is 33.9. The van der Waals surface area contributed by atoms with Crippen molar-refractivity contribution in [2.24, 2.45) is 0 Å². The first-order valence-corrected chi connectivity index (χ1v) is 21.0. The van der Waals surface area contributed by atoms with Crippen molar-refractivity contribution in [3.63, 3.8) is 0 Å². The van der Waals surface area contributed by atoms with E-state index in [9.17, 15) is 0 Å². The summed E-state index contributed by atoms with van der Waals surface area (Å²) in [5.74, 6) is 1.89. The van der Waals surface area contributed by atoms with Crippen LogP contribution in [0.15, 0.2) is 217 Å². The number of rotatable bonds is 7. The highest BCUT2D eigenvalue weighted by atomic mass is 16.3. The van der Waals surface area contributed by atoms with Gasteiger partial charge >= 0.3 is 0 Å². The predicted molar refractivity (Wildman–Crippen MR) is 256 cm³/mol. The molecule has 63 heavy (non-hydrogen) atoms. The zero-order valence-corrected chi connectivity index (χ0v) is 33.9. The molecular formula is C57H35N5O. The highest BCUT2D eigenvalue weighted by Crippen LogP contribution is 2.36. The molecule has 3 heterocycles. The Balaban J connectivity index is 0.861. The van der Waals surface area contributed by atoms with Gasteiger partial charge in [0.05, 0.1) is 22.1 Å². The van der Waals surface area contributed by atoms with Gasteiger partial charge in [0.1, 0.15) is 11.2 Å². The monoisotopic (exact) mass is 805 g/mol. The van der Waals surface area contributed by atoms with E-state index < -0.39 is 0 Å². The first-order chi connectivity index (χ1) is 31.2. The van der Waals surface area contributed by atoms with Crippen molar-refractivity contribution < 1.29 is 4.42 Å². The Labute approximate surface area is 362 Å². The molecule has 12 aromatic rings. The van der Waals surface area contributed by atoms with E-state index in [1.165, 1.54) is 5.56 Å². The summed E-state index contributed by atoms with van der Waals surface area (Å²) in [6, 6.07) is 73.1. The number of hydrogen-bond donors (Lipinski definition) is 0. The van der Waals surface area contributed by atoms with E-state index in [4.69, 9.17) is 29.3 Å². The molecule has 0 aliphatic heterocycles. The quantitative estimate of drug-likeness (QED) is 0.149. The summed E-state index contributed by atoms with van der Waals surface area (Å²) in [7, 11) is 0. The van der Waals surface area contributed by atoms with E-state index in [1.807, 2.05) is 66.7 Å². The second kappa shape index (κ2) is 15.1. The Hall–Kier alpha value is -8.61. The van der Waals surface area contributed by atoms with Crippen molar-refractivity contribution in [2.75, 3.05) is 0 Å². The Morgan fingerprint density at radius 1 is 0.254 bits per heavy atom. The van der Waals surface area contributed by atoms with Crippen LogP contribution in [0.25, 0.3) is 123 Å². The number of hydrogen-bond acceptors (Lipinski definition) is 6. The predicted octanol–water partition coefficient (Wildman–Crippen LogP) is 14.5. The van der Waals surface area contributed by atoms with Crippen molar-refractivity contribution in [3.8, 4) is 78.7 Å². The van der Waals surface area contributed by atoms with Crippen molar-refractivity contribution in [1.82, 2.24) is 24.9 Å². The second-order valence-electron chi connectivity index (χ2n) is 15.7. The molecule has 0 saturated carbocycles. The number of nitrogens with zero attached hydrogens (tertiary/aromatic N) is 5. The molecule has 0 aliphatic carbocycles. The van der Waals surface area contributed by atoms with Crippen LogP contribution in [0.1, 0.15) is 0 Å². The summed E-state index contributed by atoms with van der Waals surface area (Å²) in [6.45, 7) is 0. The SMILES string of the molecule is c1ccc(-c2ccc(-c3nc(-c4ccccc4)nc(-c4ccc(-c5cccc(-c6cccc(-c7cccc8nc9cc%10oc%11ccccc%11c%10cc9nc78)c6)c5)cc4)n3)cc2)cc1. The minimum absolute atomic E-state index is 0.623. The maximum Gasteiger partial charge on any atom is 0.164 e. The van der Waals surface area contributed by atoms with Gasteiger partial charge in [-0.05, 0) is 69.3 Å². The van der Waals surface area contributed by atoms with Crippen LogP contribution in [0, 0.1) is 0 Å². The lowest BCUT2D eigenvalue weighted by molar-refractivity contribution is 0.669. The van der Waals surface area contributed by atoms with Crippen molar-refractivity contribution in [3.05, 3.63) is 212 Å². The van der Waals surface area contributed by atoms with Crippen LogP contribution < -0.4 is 0 Å². The molecule has 0 N–H and O–H groups in total. The first kappa shape index (κ1) is 36.3. The average Bonchev–Trinajstić information content (AvgIpc) is 3.72. The van der Waals surface area contributed by atoms with E-state index in [1.54, 1.807) is 0 Å². The van der Waals surface area contributed by atoms with Crippen LogP contribution in [0.4, 0.5) is 0 Å². The molecule has 0 atom stereocenters. The third-order valence-electron chi connectivity index (χ3n) is 11.7. The van der Waals surface area contributed by atoms with E-state index >= 15 is 0 Å². The molecular weight excluding hydrogens is 771 g/mol. The molecule has 0 spiro atoms. The Morgan fingerprint density at radius 2 is 0.714 bits per heavy atom. The topological polar surface area (TPSA) is 77.6 Å². The van der Waals surface area contributed by atoms with E-state index in [0.717, 1.165) is 99.6 Å². The molecule has 294 valence electrons. The third-order valence-corrected chi connectivity index (χ3v) is 11.7. The Morgan fingerprint density at radius 3 is 1.38 bits per heavy atom. The summed E-state index contributed by atoms with van der Waals surface area (Å²) >= 11 is 0. The van der Waals surface area contributed by atoms with E-state index in [0.29, 0.717) is 17.5 Å². The van der Waals surface area contributed by atoms with Gasteiger partial charge in [0, 0.05) is 39.1 Å². The van der Waals surface area contributed by atoms with Crippen LogP contribution >= 0.6 is 0 Å². The molecule has 0 amide bonds. The minimum Gasteiger partial charge on any atom is -0.456 e. The average molecular weight is 806 g/mol. The lowest BCUT2D eigenvalue weighted by atomic mass is 9.95. The fourth-order valence-corrected chi connectivity index (χ4v) is 8.50. The Bertz CT molecular complexity index is 3660. The molecule has 0 radical (unpaired) electrons. The fourth-order valence-electron chi connectivity index (χ4n) is 8.50. The normalized spacial score (nSPS) is 11.5. The highest BCUT2D eigenvalue weighted by molar-refractivity contribution is 6.10. The number of para-hydroxylation sites is 2. The molecule has 3 aromatic heterocycles. The molecule has 12 rings (SSSR count). The van der Waals surface area contributed by atoms with Gasteiger partial charge in [-0.3, -0.25) is 0 Å². The van der Waals surface area contributed by atoms with E-state index in [-0.39, 0.29) is 0 Å². The Kier molecular flexibility index (Phi) is 8.71. The largest absolute Gasteiger partial charge is 0.456 e. The lowest BCUT2D eigenvalue weighted by Crippen LogP contribution is -2.00. The van der Waals surface area contributed by atoms with E-state index in [2.05, 4.69) is 146 Å². The van der Waals surface area contributed by atoms with Gasteiger partial charge in [-0.1, -0.05) is 176 Å². The van der Waals surface area contributed by atoms with Crippen LogP contribution in [0.2, 0.25) is 0 Å². The van der Waals surface area contributed by atoms with Crippen molar-refractivity contribution >= 4 is 44.0 Å². The van der Waals surface area contributed by atoms with Gasteiger partial charge in [0.15, 0.2) is 17.5 Å². The summed E-state index contributed by atoms with van der Waals surface area (Å²) in [4.78, 5) is 25.2. The smallest absolute Gasteiger partial charge is 0.164 e. The lowest BCUT2D eigenvalue weighted by Gasteiger charge is -2.11. The maximum absolute atomic E-state index is 6.15. The number of furan rings is 1. The fraction of sp³-hybridized carbons (Fsp3) is 0. The van der Waals surface area contributed by atoms with Crippen molar-refractivity contribution in [1.29, 1.82) is 0 Å². The highest BCUT2D eigenvalue weighted by Gasteiger charge is 2.15. The molecule has 0 saturated heterocycles. The maximum atomic E-state index is 6.15. The first-order valence-electron chi connectivity index (χ1n) is 21.0. The van der Waals surface area contributed by atoms with Crippen LogP contribution in [-0.2, 0) is 0 Å². The number of benzene rings is 9. The molecule has 6 heteroatoms. The third kappa shape index (κ3) is 6.76. The van der Waals surface area contributed by atoms with Gasteiger partial charge in [0.2, 0.25) is 0 Å². The molecule has 0 bridgehead atoms. The summed E-state index contributed by atoms with van der Waals surface area (Å²) in [6.07, 6.45) is 0. The second-order valence-corrected chi connectivity index (χ2v) is 15.7. The van der Waals surface area contributed by atoms with Gasteiger partial charge in [-0.15, -0.1) is 0 Å². The molecule has 0 fully saturated rings. The number of fused-ring (bicyclic) bond motifs is 5. The van der Waals surface area contributed by atoms with Gasteiger partial charge < -0.3 is 4.42 Å². The molecule has 6 nitrogen and oxygen atoms in total. The molecule has 0 aliphatic rings. The minimum atomic E-state index is 0.623. The van der Waals surface area contributed by atoms with Crippen molar-refractivity contribution in [2.45, 2.75) is 0 Å². The molecule has 0 unspecified atom stereocenters. The van der Waals surface area contributed by atoms with Crippen LogP contribution in [0.3, 0.4) is 0 Å². The summed E-state index contributed by atoms with van der Waals surface area (Å²) in [5, 5.41) is 2.12.